The molecule has 5 nitrogen and oxygen atoms in total. The van der Waals surface area contributed by atoms with E-state index in [9.17, 15) is 9.59 Å². The number of esters is 1. The second-order valence-corrected chi connectivity index (χ2v) is 8.15. The molecule has 0 bridgehead atoms. The lowest BCUT2D eigenvalue weighted by Crippen LogP contribution is -2.28. The number of carbonyl (C=O) groups is 1. The second kappa shape index (κ2) is 7.46. The highest BCUT2D eigenvalue weighted by atomic mass is 32.1. The van der Waals surface area contributed by atoms with Crippen molar-refractivity contribution in [2.75, 3.05) is 13.7 Å². The van der Waals surface area contributed by atoms with Crippen molar-refractivity contribution in [3.05, 3.63) is 87.5 Å². The van der Waals surface area contributed by atoms with Gasteiger partial charge in [-0.05, 0) is 39.8 Å². The molecule has 0 amide bonds. The van der Waals surface area contributed by atoms with E-state index in [-0.39, 0.29) is 12.2 Å². The molecule has 2 aromatic heterocycles. The van der Waals surface area contributed by atoms with E-state index in [4.69, 9.17) is 9.47 Å². The number of hydrogen-bond donors (Lipinski definition) is 0. The van der Waals surface area contributed by atoms with Gasteiger partial charge in [-0.1, -0.05) is 48.5 Å². The van der Waals surface area contributed by atoms with Gasteiger partial charge in [-0.15, -0.1) is 11.3 Å². The molecule has 5 rings (SSSR count). The van der Waals surface area contributed by atoms with E-state index in [0.717, 1.165) is 32.3 Å². The smallest absolute Gasteiger partial charge is 0.332 e. The van der Waals surface area contributed by atoms with Gasteiger partial charge in [0.2, 0.25) is 5.88 Å². The Labute approximate surface area is 177 Å². The van der Waals surface area contributed by atoms with Crippen LogP contribution in [0, 0.1) is 0 Å². The number of ether oxygens (including phenoxy) is 2. The van der Waals surface area contributed by atoms with Crippen LogP contribution in [0.1, 0.15) is 17.2 Å². The number of methoxy groups -OCH3 is 1. The lowest BCUT2D eigenvalue weighted by atomic mass is 9.95. The average molecular weight is 417 g/mol. The van der Waals surface area contributed by atoms with Crippen molar-refractivity contribution in [3.63, 3.8) is 0 Å². The predicted octanol–water partition coefficient (Wildman–Crippen LogP) is 4.43. The van der Waals surface area contributed by atoms with Crippen molar-refractivity contribution >= 4 is 28.1 Å². The Hall–Kier alpha value is -3.38. The van der Waals surface area contributed by atoms with E-state index >= 15 is 0 Å². The van der Waals surface area contributed by atoms with Crippen molar-refractivity contribution in [1.29, 1.82) is 0 Å². The Kier molecular flexibility index (Phi) is 4.64. The number of rotatable bonds is 4. The molecular formula is C24H19NO4S. The summed E-state index contributed by atoms with van der Waals surface area (Å²) in [6, 6.07) is 19.3. The topological polar surface area (TPSA) is 57.5 Å². The number of fused-ring (bicyclic) bond motifs is 2. The highest BCUT2D eigenvalue weighted by Gasteiger charge is 2.35. The fourth-order valence-electron chi connectivity index (χ4n) is 4.10. The van der Waals surface area contributed by atoms with Gasteiger partial charge in [-0.3, -0.25) is 9.36 Å². The molecule has 0 radical (unpaired) electrons. The van der Waals surface area contributed by atoms with Gasteiger partial charge < -0.3 is 9.47 Å². The Morgan fingerprint density at radius 1 is 1.13 bits per heavy atom. The first kappa shape index (κ1) is 18.6. The van der Waals surface area contributed by atoms with Crippen LogP contribution in [-0.2, 0) is 16.0 Å². The van der Waals surface area contributed by atoms with Crippen LogP contribution in [0.25, 0.3) is 21.2 Å². The summed E-state index contributed by atoms with van der Waals surface area (Å²) in [7, 11) is 1.32. The fourth-order valence-corrected chi connectivity index (χ4v) is 4.90. The number of carbonyl (C=O) groups excluding carboxylic acids is 1. The minimum atomic E-state index is -0.761. The zero-order valence-corrected chi connectivity index (χ0v) is 17.1. The molecule has 2 aromatic carbocycles. The molecule has 0 saturated carbocycles. The molecule has 1 aliphatic heterocycles. The number of aromatic nitrogens is 1. The molecule has 0 unspecified atom stereocenters. The standard InChI is InChI=1S/C24H19NO4S/c1-28-24(27)19-14-29-23-22(20-10-5-11-30-20)17(13-21(26)25(19)23)12-16-8-4-7-15-6-2-3-9-18(15)16/h2-11,13,19H,12,14H2,1H3/t19-/m0/s1. The molecule has 0 saturated heterocycles. The van der Waals surface area contributed by atoms with Gasteiger partial charge in [0.15, 0.2) is 6.04 Å². The van der Waals surface area contributed by atoms with Crippen LogP contribution >= 0.6 is 11.3 Å². The van der Waals surface area contributed by atoms with Crippen LogP contribution in [0.5, 0.6) is 5.88 Å². The monoisotopic (exact) mass is 417 g/mol. The Morgan fingerprint density at radius 2 is 1.97 bits per heavy atom. The summed E-state index contributed by atoms with van der Waals surface area (Å²) >= 11 is 1.58. The third-order valence-corrected chi connectivity index (χ3v) is 6.37. The van der Waals surface area contributed by atoms with E-state index < -0.39 is 12.0 Å². The van der Waals surface area contributed by atoms with Crippen molar-refractivity contribution < 1.29 is 14.3 Å². The maximum Gasteiger partial charge on any atom is 0.332 e. The quantitative estimate of drug-likeness (QED) is 0.461. The highest BCUT2D eigenvalue weighted by Crippen LogP contribution is 2.40. The molecular weight excluding hydrogens is 398 g/mol. The molecule has 0 fully saturated rings. The largest absolute Gasteiger partial charge is 0.475 e. The fraction of sp³-hybridized carbons (Fsp3) is 0.167. The summed E-state index contributed by atoms with van der Waals surface area (Å²) in [5, 5.41) is 4.31. The third kappa shape index (κ3) is 3.00. The van der Waals surface area contributed by atoms with E-state index in [1.54, 1.807) is 17.4 Å². The van der Waals surface area contributed by atoms with Crippen LogP contribution in [0.3, 0.4) is 0 Å². The van der Waals surface area contributed by atoms with Crippen molar-refractivity contribution in [2.24, 2.45) is 0 Å². The molecule has 3 heterocycles. The van der Waals surface area contributed by atoms with E-state index in [0.29, 0.717) is 12.3 Å². The SMILES string of the molecule is COC(=O)[C@@H]1COc2c(-c3cccs3)c(Cc3cccc4ccccc34)cc(=O)n21. The van der Waals surface area contributed by atoms with E-state index in [2.05, 4.69) is 24.3 Å². The number of benzene rings is 2. The Balaban J connectivity index is 1.71. The first-order valence-corrected chi connectivity index (χ1v) is 10.5. The maximum atomic E-state index is 13.0. The molecule has 1 atom stereocenters. The van der Waals surface area contributed by atoms with Gasteiger partial charge in [-0.2, -0.15) is 0 Å². The summed E-state index contributed by atoms with van der Waals surface area (Å²) in [5.41, 5.74) is 2.63. The lowest BCUT2D eigenvalue weighted by molar-refractivity contribution is -0.144. The Morgan fingerprint density at radius 3 is 2.77 bits per heavy atom. The van der Waals surface area contributed by atoms with Gasteiger partial charge in [0.05, 0.1) is 12.7 Å². The minimum absolute atomic E-state index is 0.0952. The number of thiophene rings is 1. The van der Waals surface area contributed by atoms with Crippen molar-refractivity contribution in [2.45, 2.75) is 12.5 Å². The van der Waals surface area contributed by atoms with E-state index in [1.807, 2.05) is 35.7 Å². The molecule has 4 aromatic rings. The predicted molar refractivity (Wildman–Crippen MR) is 117 cm³/mol. The lowest BCUT2D eigenvalue weighted by Gasteiger charge is -2.15. The number of hydrogen-bond acceptors (Lipinski definition) is 5. The van der Waals surface area contributed by atoms with Crippen LogP contribution < -0.4 is 10.3 Å². The average Bonchev–Trinajstić information content (AvgIpc) is 3.44. The first-order valence-electron chi connectivity index (χ1n) is 9.67. The molecule has 0 N–H and O–H groups in total. The zero-order chi connectivity index (χ0) is 20.7. The molecule has 1 aliphatic rings. The van der Waals surface area contributed by atoms with Crippen LogP contribution in [-0.4, -0.2) is 24.3 Å². The summed E-state index contributed by atoms with van der Waals surface area (Å²) in [6.07, 6.45) is 0.587. The van der Waals surface area contributed by atoms with Crippen LogP contribution in [0.2, 0.25) is 0 Å². The zero-order valence-electron chi connectivity index (χ0n) is 16.3. The molecule has 0 spiro atoms. The summed E-state index contributed by atoms with van der Waals surface area (Å²) in [5.74, 6) is -0.0367. The molecule has 6 heteroatoms. The van der Waals surface area contributed by atoms with Crippen LogP contribution in [0.15, 0.2) is 70.8 Å². The first-order chi connectivity index (χ1) is 14.7. The summed E-state index contributed by atoms with van der Waals surface area (Å²) in [6.45, 7) is 0.0952. The highest BCUT2D eigenvalue weighted by molar-refractivity contribution is 7.13. The number of pyridine rings is 1. The van der Waals surface area contributed by atoms with Crippen molar-refractivity contribution in [3.8, 4) is 16.3 Å². The summed E-state index contributed by atoms with van der Waals surface area (Å²) in [4.78, 5) is 26.2. The van der Waals surface area contributed by atoms with Gasteiger partial charge >= 0.3 is 5.97 Å². The second-order valence-electron chi connectivity index (χ2n) is 7.20. The van der Waals surface area contributed by atoms with Gasteiger partial charge in [0.25, 0.3) is 5.56 Å². The normalized spacial score (nSPS) is 15.0. The van der Waals surface area contributed by atoms with Crippen molar-refractivity contribution in [1.82, 2.24) is 4.57 Å². The van der Waals surface area contributed by atoms with Gasteiger partial charge in [0.1, 0.15) is 6.61 Å². The molecule has 30 heavy (non-hydrogen) atoms. The molecule has 150 valence electrons. The third-order valence-electron chi connectivity index (χ3n) is 5.48. The maximum absolute atomic E-state index is 13.0. The minimum Gasteiger partial charge on any atom is -0.475 e. The van der Waals surface area contributed by atoms with E-state index in [1.165, 1.54) is 11.7 Å². The van der Waals surface area contributed by atoms with Gasteiger partial charge in [0, 0.05) is 10.9 Å². The van der Waals surface area contributed by atoms with Crippen LogP contribution in [0.4, 0.5) is 0 Å². The van der Waals surface area contributed by atoms with Gasteiger partial charge in [-0.25, -0.2) is 4.79 Å². The Bertz CT molecular complexity index is 1300. The number of nitrogens with zero attached hydrogens (tertiary/aromatic N) is 1. The molecule has 0 aliphatic carbocycles. The summed E-state index contributed by atoms with van der Waals surface area (Å²) < 4.78 is 12.2.